The molecule has 5 N–H and O–H groups in total. The van der Waals surface area contributed by atoms with E-state index in [0.717, 1.165) is 30.6 Å². The number of ether oxygens (including phenoxy) is 2. The summed E-state index contributed by atoms with van der Waals surface area (Å²) in [6.07, 6.45) is -5.51. The van der Waals surface area contributed by atoms with Gasteiger partial charge in [0.15, 0.2) is 0 Å². The third-order valence-electron chi connectivity index (χ3n) is 5.72. The molecule has 4 rings (SSSR count). The lowest BCUT2D eigenvalue weighted by Crippen LogP contribution is -2.60. The van der Waals surface area contributed by atoms with Crippen LogP contribution in [-0.2, 0) is 17.7 Å². The van der Waals surface area contributed by atoms with Crippen molar-refractivity contribution in [3.05, 3.63) is 53.1 Å². The highest BCUT2D eigenvalue weighted by molar-refractivity contribution is 5.70. The molecule has 2 aliphatic heterocycles. The number of hydrogen-bond acceptors (Lipinski definition) is 7. The van der Waals surface area contributed by atoms with Crippen LogP contribution in [0.2, 0.25) is 0 Å². The Kier molecular flexibility index (Phi) is 5.87. The Balaban J connectivity index is 1.57. The summed E-state index contributed by atoms with van der Waals surface area (Å²) >= 11 is 0. The topological polar surface area (TPSA) is 111 Å². The van der Waals surface area contributed by atoms with E-state index in [9.17, 15) is 20.4 Å². The predicted octanol–water partition coefficient (Wildman–Crippen LogP) is 0.486. The standard InChI is InChI=1S/C22H27NO6/c1-12-9-13(15-4-2-3-14-10-23-8-7-16(14)15)5-6-17(12)28-22-21(27)20(26)19(25)18(11-24)29-22/h2-6,9,18-27H,7-8,10-11H2,1H3/t18-,19-,20+,21+,22+/m0/s1. The van der Waals surface area contributed by atoms with E-state index < -0.39 is 37.3 Å². The molecule has 156 valence electrons. The quantitative estimate of drug-likeness (QED) is 0.507. The van der Waals surface area contributed by atoms with Gasteiger partial charge in [0.1, 0.15) is 30.2 Å². The van der Waals surface area contributed by atoms with E-state index in [1.807, 2.05) is 25.1 Å². The van der Waals surface area contributed by atoms with Crippen LogP contribution in [0.1, 0.15) is 16.7 Å². The summed E-state index contributed by atoms with van der Waals surface area (Å²) in [6, 6.07) is 12.1. The number of aliphatic hydroxyl groups excluding tert-OH is 4. The molecule has 0 saturated carbocycles. The lowest BCUT2D eigenvalue weighted by molar-refractivity contribution is -0.277. The normalized spacial score (nSPS) is 29.3. The van der Waals surface area contributed by atoms with Gasteiger partial charge in [-0.2, -0.15) is 0 Å². The Bertz CT molecular complexity index is 870. The van der Waals surface area contributed by atoms with E-state index in [4.69, 9.17) is 9.47 Å². The van der Waals surface area contributed by atoms with Gasteiger partial charge in [-0.1, -0.05) is 24.3 Å². The Morgan fingerprint density at radius 3 is 2.69 bits per heavy atom. The first-order chi connectivity index (χ1) is 14.0. The van der Waals surface area contributed by atoms with Crippen molar-refractivity contribution < 1.29 is 29.9 Å². The number of nitrogens with one attached hydrogen (secondary N) is 1. The predicted molar refractivity (Wildman–Crippen MR) is 106 cm³/mol. The summed E-state index contributed by atoms with van der Waals surface area (Å²) < 4.78 is 11.2. The van der Waals surface area contributed by atoms with E-state index in [0.29, 0.717) is 5.75 Å². The summed E-state index contributed by atoms with van der Waals surface area (Å²) in [5.41, 5.74) is 5.81. The molecule has 0 aliphatic carbocycles. The molecule has 0 unspecified atom stereocenters. The molecular weight excluding hydrogens is 374 g/mol. The summed E-state index contributed by atoms with van der Waals surface area (Å²) in [5, 5.41) is 42.8. The smallest absolute Gasteiger partial charge is 0.229 e. The van der Waals surface area contributed by atoms with Crippen LogP contribution in [0.5, 0.6) is 5.75 Å². The van der Waals surface area contributed by atoms with E-state index in [-0.39, 0.29) is 0 Å². The molecule has 0 spiro atoms. The average Bonchev–Trinajstić information content (AvgIpc) is 2.75. The molecule has 0 bridgehead atoms. The number of aliphatic hydroxyl groups is 4. The van der Waals surface area contributed by atoms with Gasteiger partial charge in [0.2, 0.25) is 6.29 Å². The van der Waals surface area contributed by atoms with Crippen LogP contribution >= 0.6 is 0 Å². The second kappa shape index (κ2) is 8.39. The van der Waals surface area contributed by atoms with Gasteiger partial charge >= 0.3 is 0 Å². The van der Waals surface area contributed by atoms with Crippen molar-refractivity contribution in [2.75, 3.05) is 13.2 Å². The van der Waals surface area contributed by atoms with Crippen LogP contribution in [0, 0.1) is 6.92 Å². The zero-order valence-electron chi connectivity index (χ0n) is 16.3. The minimum atomic E-state index is -1.46. The molecule has 0 radical (unpaired) electrons. The monoisotopic (exact) mass is 401 g/mol. The Hall–Kier alpha value is -2.00. The number of benzene rings is 2. The molecule has 2 heterocycles. The first-order valence-corrected chi connectivity index (χ1v) is 9.89. The van der Waals surface area contributed by atoms with Gasteiger partial charge in [0.25, 0.3) is 0 Å². The van der Waals surface area contributed by atoms with Gasteiger partial charge in [-0.15, -0.1) is 0 Å². The lowest BCUT2D eigenvalue weighted by atomic mass is 9.91. The molecule has 0 amide bonds. The molecule has 7 heteroatoms. The number of rotatable bonds is 4. The van der Waals surface area contributed by atoms with E-state index in [1.165, 1.54) is 16.7 Å². The Labute approximate surface area is 169 Å². The fourth-order valence-corrected chi connectivity index (χ4v) is 4.04. The number of hydrogen-bond donors (Lipinski definition) is 5. The fourth-order valence-electron chi connectivity index (χ4n) is 4.04. The molecule has 2 aromatic carbocycles. The van der Waals surface area contributed by atoms with Gasteiger partial charge in [0, 0.05) is 6.54 Å². The van der Waals surface area contributed by atoms with Gasteiger partial charge in [0.05, 0.1) is 6.61 Å². The molecule has 1 fully saturated rings. The molecule has 1 saturated heterocycles. The van der Waals surface area contributed by atoms with Gasteiger partial charge in [-0.3, -0.25) is 0 Å². The third-order valence-corrected chi connectivity index (χ3v) is 5.72. The maximum atomic E-state index is 10.2. The zero-order chi connectivity index (χ0) is 20.5. The minimum absolute atomic E-state index is 0.489. The van der Waals surface area contributed by atoms with Crippen LogP contribution < -0.4 is 10.1 Å². The van der Waals surface area contributed by atoms with Gasteiger partial charge < -0.3 is 35.2 Å². The summed E-state index contributed by atoms with van der Waals surface area (Å²) in [7, 11) is 0. The van der Waals surface area contributed by atoms with Crippen molar-refractivity contribution in [2.45, 2.75) is 50.6 Å². The number of fused-ring (bicyclic) bond motifs is 1. The molecule has 2 aromatic rings. The van der Waals surface area contributed by atoms with Crippen molar-refractivity contribution in [1.29, 1.82) is 0 Å². The average molecular weight is 401 g/mol. The fraction of sp³-hybridized carbons (Fsp3) is 0.455. The van der Waals surface area contributed by atoms with E-state index >= 15 is 0 Å². The molecule has 0 aromatic heterocycles. The van der Waals surface area contributed by atoms with Crippen LogP contribution in [0.3, 0.4) is 0 Å². The van der Waals surface area contributed by atoms with Crippen molar-refractivity contribution in [3.8, 4) is 16.9 Å². The highest BCUT2D eigenvalue weighted by Crippen LogP contribution is 2.33. The van der Waals surface area contributed by atoms with Crippen molar-refractivity contribution in [1.82, 2.24) is 5.32 Å². The third kappa shape index (κ3) is 3.90. The highest BCUT2D eigenvalue weighted by Gasteiger charge is 2.44. The van der Waals surface area contributed by atoms with Crippen LogP contribution in [-0.4, -0.2) is 64.3 Å². The van der Waals surface area contributed by atoms with Crippen LogP contribution in [0.25, 0.3) is 11.1 Å². The summed E-state index contributed by atoms with van der Waals surface area (Å²) in [4.78, 5) is 0. The second-order valence-corrected chi connectivity index (χ2v) is 7.67. The largest absolute Gasteiger partial charge is 0.462 e. The van der Waals surface area contributed by atoms with E-state index in [1.54, 1.807) is 0 Å². The minimum Gasteiger partial charge on any atom is -0.462 e. The van der Waals surface area contributed by atoms with Crippen molar-refractivity contribution >= 4 is 0 Å². The molecule has 5 atom stereocenters. The lowest BCUT2D eigenvalue weighted by Gasteiger charge is -2.39. The molecule has 2 aliphatic rings. The Morgan fingerprint density at radius 1 is 1.10 bits per heavy atom. The Morgan fingerprint density at radius 2 is 1.93 bits per heavy atom. The maximum Gasteiger partial charge on any atom is 0.229 e. The second-order valence-electron chi connectivity index (χ2n) is 7.67. The maximum absolute atomic E-state index is 10.2. The number of aryl methyl sites for hydroxylation is 1. The van der Waals surface area contributed by atoms with E-state index in [2.05, 4.69) is 23.5 Å². The summed E-state index contributed by atoms with van der Waals surface area (Å²) in [5.74, 6) is 0.504. The first-order valence-electron chi connectivity index (χ1n) is 9.89. The molecule has 29 heavy (non-hydrogen) atoms. The summed E-state index contributed by atoms with van der Waals surface area (Å²) in [6.45, 7) is 3.25. The van der Waals surface area contributed by atoms with Crippen LogP contribution in [0.15, 0.2) is 36.4 Å². The highest BCUT2D eigenvalue weighted by atomic mass is 16.7. The van der Waals surface area contributed by atoms with Crippen molar-refractivity contribution in [3.63, 3.8) is 0 Å². The molecular formula is C22H27NO6. The molecule has 7 nitrogen and oxygen atoms in total. The van der Waals surface area contributed by atoms with Gasteiger partial charge in [-0.25, -0.2) is 0 Å². The SMILES string of the molecule is Cc1cc(-c2cccc3c2CCNC3)ccc1O[C@@H]1O[C@@H](CO)[C@H](O)[C@@H](O)[C@H]1O. The van der Waals surface area contributed by atoms with Crippen LogP contribution in [0.4, 0.5) is 0 Å². The van der Waals surface area contributed by atoms with Gasteiger partial charge in [-0.05, 0) is 59.8 Å². The zero-order valence-corrected chi connectivity index (χ0v) is 16.3. The first kappa shape index (κ1) is 20.3. The van der Waals surface area contributed by atoms with Crippen molar-refractivity contribution in [2.24, 2.45) is 0 Å².